The molecule has 0 aliphatic rings. The Morgan fingerprint density at radius 2 is 2.06 bits per heavy atom. The highest BCUT2D eigenvalue weighted by Gasteiger charge is 2.17. The quantitative estimate of drug-likeness (QED) is 0.824. The fraction of sp³-hybridized carbons (Fsp3) is 0. The number of benzene rings is 1. The molecule has 2 N–H and O–H groups in total. The smallest absolute Gasteiger partial charge is 0.252 e. The summed E-state index contributed by atoms with van der Waals surface area (Å²) in [6.45, 7) is 0. The van der Waals surface area contributed by atoms with Crippen molar-refractivity contribution in [2.45, 2.75) is 0 Å². The largest absolute Gasteiger partial charge is 0.453 e. The Kier molecular flexibility index (Phi) is 2.74. The van der Waals surface area contributed by atoms with Gasteiger partial charge in [0, 0.05) is 5.56 Å². The molecule has 0 unspecified atom stereocenters. The van der Waals surface area contributed by atoms with Crippen LogP contribution in [0.25, 0.3) is 11.3 Å². The van der Waals surface area contributed by atoms with Crippen LogP contribution in [0.1, 0.15) is 20.9 Å². The minimum atomic E-state index is -0.887. The van der Waals surface area contributed by atoms with Crippen molar-refractivity contribution in [1.82, 2.24) is 0 Å². The van der Waals surface area contributed by atoms with Crippen LogP contribution in [0.2, 0.25) is 0 Å². The lowest BCUT2D eigenvalue weighted by atomic mass is 10.0. The first-order chi connectivity index (χ1) is 8.13. The van der Waals surface area contributed by atoms with Crippen molar-refractivity contribution in [3.8, 4) is 11.3 Å². The average Bonchev–Trinajstić information content (AvgIpc) is 2.76. The van der Waals surface area contributed by atoms with Gasteiger partial charge in [0.1, 0.15) is 11.6 Å². The van der Waals surface area contributed by atoms with Crippen LogP contribution in [0.5, 0.6) is 0 Å². The maximum absolute atomic E-state index is 13.5. The third kappa shape index (κ3) is 1.94. The second-order valence-electron chi connectivity index (χ2n) is 3.35. The van der Waals surface area contributed by atoms with E-state index in [0.717, 1.165) is 6.07 Å². The summed E-state index contributed by atoms with van der Waals surface area (Å²) in [5.41, 5.74) is 5.08. The molecule has 4 nitrogen and oxygen atoms in total. The average molecular weight is 233 g/mol. The Morgan fingerprint density at radius 1 is 1.29 bits per heavy atom. The monoisotopic (exact) mass is 233 g/mol. The van der Waals surface area contributed by atoms with E-state index in [-0.39, 0.29) is 22.6 Å². The molecule has 0 bridgehead atoms. The summed E-state index contributed by atoms with van der Waals surface area (Å²) in [6.07, 6.45) is 0.521. The van der Waals surface area contributed by atoms with Crippen molar-refractivity contribution < 1.29 is 18.4 Å². The number of halogens is 1. The lowest BCUT2D eigenvalue weighted by Gasteiger charge is -2.04. The Balaban J connectivity index is 2.62. The number of hydrogen-bond acceptors (Lipinski definition) is 3. The molecular weight excluding hydrogens is 225 g/mol. The fourth-order valence-electron chi connectivity index (χ4n) is 1.54. The van der Waals surface area contributed by atoms with Crippen LogP contribution < -0.4 is 5.73 Å². The molecule has 5 heteroatoms. The van der Waals surface area contributed by atoms with Crippen molar-refractivity contribution >= 4 is 12.2 Å². The van der Waals surface area contributed by atoms with Gasteiger partial charge in [-0.25, -0.2) is 4.39 Å². The Hall–Kier alpha value is -2.43. The first-order valence-corrected chi connectivity index (χ1v) is 4.77. The summed E-state index contributed by atoms with van der Waals surface area (Å²) in [6, 6.07) is 6.97. The molecule has 86 valence electrons. The molecule has 2 aromatic rings. The van der Waals surface area contributed by atoms with Gasteiger partial charge < -0.3 is 10.2 Å². The van der Waals surface area contributed by atoms with Gasteiger partial charge in [0.2, 0.25) is 0 Å². The van der Waals surface area contributed by atoms with E-state index in [1.165, 1.54) is 24.3 Å². The fourth-order valence-corrected chi connectivity index (χ4v) is 1.54. The number of hydrogen-bond donors (Lipinski definition) is 1. The molecule has 0 radical (unpaired) electrons. The van der Waals surface area contributed by atoms with Gasteiger partial charge in [-0.3, -0.25) is 9.59 Å². The molecule has 1 aromatic heterocycles. The number of furan rings is 1. The van der Waals surface area contributed by atoms with Crippen LogP contribution in [0.3, 0.4) is 0 Å². The summed E-state index contributed by atoms with van der Waals surface area (Å²) in [5, 5.41) is 0. The van der Waals surface area contributed by atoms with Gasteiger partial charge in [-0.15, -0.1) is 0 Å². The lowest BCUT2D eigenvalue weighted by Crippen LogP contribution is -2.14. The zero-order valence-electron chi connectivity index (χ0n) is 8.64. The highest BCUT2D eigenvalue weighted by Crippen LogP contribution is 2.26. The number of rotatable bonds is 3. The van der Waals surface area contributed by atoms with Crippen molar-refractivity contribution in [2.75, 3.05) is 0 Å². The van der Waals surface area contributed by atoms with E-state index in [2.05, 4.69) is 0 Å². The van der Waals surface area contributed by atoms with E-state index in [9.17, 15) is 14.0 Å². The van der Waals surface area contributed by atoms with Gasteiger partial charge in [-0.2, -0.15) is 0 Å². The molecule has 0 saturated heterocycles. The topological polar surface area (TPSA) is 73.3 Å². The number of nitrogens with two attached hydrogens (primary N) is 1. The van der Waals surface area contributed by atoms with Crippen molar-refractivity contribution in [3.63, 3.8) is 0 Å². The number of carbonyl (C=O) groups is 2. The van der Waals surface area contributed by atoms with Crippen LogP contribution in [-0.2, 0) is 0 Å². The van der Waals surface area contributed by atoms with Gasteiger partial charge in [-0.05, 0) is 18.2 Å². The van der Waals surface area contributed by atoms with E-state index < -0.39 is 11.7 Å². The highest BCUT2D eigenvalue weighted by molar-refractivity contribution is 5.99. The zero-order valence-corrected chi connectivity index (χ0v) is 8.64. The van der Waals surface area contributed by atoms with Gasteiger partial charge in [-0.1, -0.05) is 12.1 Å². The van der Waals surface area contributed by atoms with E-state index in [4.69, 9.17) is 10.2 Å². The molecule has 1 heterocycles. The van der Waals surface area contributed by atoms with Crippen molar-refractivity contribution in [2.24, 2.45) is 5.73 Å². The third-order valence-electron chi connectivity index (χ3n) is 2.27. The normalized spacial score (nSPS) is 10.2. The molecular formula is C12H8FNO3. The number of carbonyl (C=O) groups excluding carboxylic acids is 2. The summed E-state index contributed by atoms with van der Waals surface area (Å²) < 4.78 is 18.6. The van der Waals surface area contributed by atoms with Gasteiger partial charge in [0.05, 0.1) is 5.56 Å². The zero-order chi connectivity index (χ0) is 12.4. The minimum absolute atomic E-state index is 0.0969. The predicted molar refractivity (Wildman–Crippen MR) is 58.0 cm³/mol. The summed E-state index contributed by atoms with van der Waals surface area (Å²) in [7, 11) is 0. The Bertz CT molecular complexity index is 589. The lowest BCUT2D eigenvalue weighted by molar-refractivity contribution is 0.0996. The molecule has 0 fully saturated rings. The first-order valence-electron chi connectivity index (χ1n) is 4.77. The minimum Gasteiger partial charge on any atom is -0.453 e. The van der Waals surface area contributed by atoms with Crippen LogP contribution in [0.15, 0.2) is 34.7 Å². The van der Waals surface area contributed by atoms with Gasteiger partial charge >= 0.3 is 0 Å². The second kappa shape index (κ2) is 4.21. The SMILES string of the molecule is NC(=O)c1c(F)cccc1-c1ccc(C=O)o1. The Labute approximate surface area is 95.8 Å². The molecule has 0 saturated carbocycles. The van der Waals surface area contributed by atoms with Crippen LogP contribution in [0, 0.1) is 5.82 Å². The van der Waals surface area contributed by atoms with Crippen molar-refractivity contribution in [1.29, 1.82) is 0 Å². The molecule has 0 aliphatic carbocycles. The van der Waals surface area contributed by atoms with Gasteiger partial charge in [0.25, 0.3) is 5.91 Å². The van der Waals surface area contributed by atoms with E-state index in [0.29, 0.717) is 6.29 Å². The maximum atomic E-state index is 13.5. The van der Waals surface area contributed by atoms with Crippen molar-refractivity contribution in [3.05, 3.63) is 47.5 Å². The molecule has 17 heavy (non-hydrogen) atoms. The van der Waals surface area contributed by atoms with E-state index in [1.807, 2.05) is 0 Å². The molecule has 0 spiro atoms. The highest BCUT2D eigenvalue weighted by atomic mass is 19.1. The standard InChI is InChI=1S/C12H8FNO3/c13-9-3-1-2-8(11(9)12(14)16)10-5-4-7(6-15)17-10/h1-6H,(H2,14,16). The summed E-state index contributed by atoms with van der Waals surface area (Å²) >= 11 is 0. The first kappa shape index (κ1) is 11.1. The van der Waals surface area contributed by atoms with Crippen LogP contribution in [0.4, 0.5) is 4.39 Å². The van der Waals surface area contributed by atoms with Crippen LogP contribution in [-0.4, -0.2) is 12.2 Å². The van der Waals surface area contributed by atoms with Crippen LogP contribution >= 0.6 is 0 Å². The van der Waals surface area contributed by atoms with E-state index in [1.54, 1.807) is 0 Å². The molecule has 0 aliphatic heterocycles. The summed E-state index contributed by atoms with van der Waals surface area (Å²) in [4.78, 5) is 21.6. The second-order valence-corrected chi connectivity index (χ2v) is 3.35. The predicted octanol–water partition coefficient (Wildman–Crippen LogP) is 2.00. The third-order valence-corrected chi connectivity index (χ3v) is 2.27. The number of primary amides is 1. The maximum Gasteiger partial charge on any atom is 0.252 e. The summed E-state index contributed by atoms with van der Waals surface area (Å²) in [5.74, 6) is -1.29. The molecule has 2 rings (SSSR count). The Morgan fingerprint density at radius 3 is 2.65 bits per heavy atom. The molecule has 1 aromatic carbocycles. The van der Waals surface area contributed by atoms with E-state index >= 15 is 0 Å². The number of amides is 1. The molecule has 0 atom stereocenters. The number of aldehydes is 1. The van der Waals surface area contributed by atoms with Gasteiger partial charge in [0.15, 0.2) is 12.0 Å². The molecule has 1 amide bonds.